The molecule has 0 spiro atoms. The highest BCUT2D eigenvalue weighted by Crippen LogP contribution is 2.29. The predicted molar refractivity (Wildman–Crippen MR) is 78.2 cm³/mol. The van der Waals surface area contributed by atoms with Gasteiger partial charge in [0.05, 0.1) is 13.2 Å². The highest BCUT2D eigenvalue weighted by molar-refractivity contribution is 5.79. The molecular formula is C17H22FNO2. The minimum absolute atomic E-state index is 0.165. The number of nitrogens with zero attached hydrogens (tertiary/aromatic N) is 1. The normalized spacial score (nSPS) is 24.0. The maximum Gasteiger partial charge on any atom is 0.225 e. The van der Waals surface area contributed by atoms with Gasteiger partial charge in [-0.15, -0.1) is 0 Å². The average Bonchev–Trinajstić information content (AvgIpc) is 2.55. The zero-order valence-electron chi connectivity index (χ0n) is 12.3. The van der Waals surface area contributed by atoms with Crippen LogP contribution in [0.25, 0.3) is 0 Å². The molecular weight excluding hydrogens is 269 g/mol. The van der Waals surface area contributed by atoms with Gasteiger partial charge in [0.1, 0.15) is 11.9 Å². The quantitative estimate of drug-likeness (QED) is 0.836. The Bertz CT molecular complexity index is 499. The third-order valence-electron chi connectivity index (χ3n) is 4.58. The second kappa shape index (κ2) is 6.56. The summed E-state index contributed by atoms with van der Waals surface area (Å²) in [6.45, 7) is 1.58. The number of carbonyl (C=O) groups excluding carboxylic acids is 1. The van der Waals surface area contributed by atoms with Crippen molar-refractivity contribution in [3.05, 3.63) is 35.6 Å². The molecule has 0 N–H and O–H groups in total. The highest BCUT2D eigenvalue weighted by atomic mass is 19.1. The molecule has 2 aliphatic rings. The molecule has 3 rings (SSSR count). The molecule has 1 unspecified atom stereocenters. The lowest BCUT2D eigenvalue weighted by atomic mass is 9.88. The van der Waals surface area contributed by atoms with Crippen molar-refractivity contribution in [2.45, 2.75) is 38.2 Å². The highest BCUT2D eigenvalue weighted by Gasteiger charge is 2.31. The lowest BCUT2D eigenvalue weighted by Gasteiger charge is -2.36. The van der Waals surface area contributed by atoms with Gasteiger partial charge >= 0.3 is 0 Å². The van der Waals surface area contributed by atoms with Crippen LogP contribution in [0.4, 0.5) is 4.39 Å². The molecule has 3 nitrogen and oxygen atoms in total. The van der Waals surface area contributed by atoms with Crippen LogP contribution in [-0.2, 0) is 9.53 Å². The number of rotatable bonds is 2. The minimum atomic E-state index is -0.340. The van der Waals surface area contributed by atoms with Gasteiger partial charge in [-0.1, -0.05) is 37.5 Å². The maximum atomic E-state index is 13.9. The zero-order chi connectivity index (χ0) is 14.7. The van der Waals surface area contributed by atoms with Crippen molar-refractivity contribution >= 4 is 5.91 Å². The summed E-state index contributed by atoms with van der Waals surface area (Å²) in [5.41, 5.74) is 0.554. The molecule has 0 aromatic heterocycles. The van der Waals surface area contributed by atoms with Gasteiger partial charge in [0, 0.05) is 18.0 Å². The summed E-state index contributed by atoms with van der Waals surface area (Å²) in [6, 6.07) is 6.67. The molecule has 1 heterocycles. The molecule has 21 heavy (non-hydrogen) atoms. The molecule has 2 fully saturated rings. The second-order valence-electron chi connectivity index (χ2n) is 6.00. The summed E-state index contributed by atoms with van der Waals surface area (Å²) < 4.78 is 19.6. The van der Waals surface area contributed by atoms with Gasteiger partial charge in [-0.2, -0.15) is 0 Å². The van der Waals surface area contributed by atoms with E-state index in [4.69, 9.17) is 4.74 Å². The van der Waals surface area contributed by atoms with Gasteiger partial charge in [-0.25, -0.2) is 4.39 Å². The molecule has 1 amide bonds. The van der Waals surface area contributed by atoms with Crippen LogP contribution < -0.4 is 0 Å². The van der Waals surface area contributed by atoms with Gasteiger partial charge in [-0.05, 0) is 18.9 Å². The molecule has 0 radical (unpaired) electrons. The molecule has 4 heteroatoms. The van der Waals surface area contributed by atoms with Crippen LogP contribution in [0, 0.1) is 11.7 Å². The Labute approximate surface area is 125 Å². The van der Waals surface area contributed by atoms with Gasteiger partial charge < -0.3 is 9.64 Å². The van der Waals surface area contributed by atoms with E-state index >= 15 is 0 Å². The Morgan fingerprint density at radius 3 is 2.71 bits per heavy atom. The summed E-state index contributed by atoms with van der Waals surface area (Å²) in [7, 11) is 0. The van der Waals surface area contributed by atoms with Crippen molar-refractivity contribution in [2.24, 2.45) is 5.92 Å². The van der Waals surface area contributed by atoms with Crippen LogP contribution in [0.5, 0.6) is 0 Å². The maximum absolute atomic E-state index is 13.9. The lowest BCUT2D eigenvalue weighted by molar-refractivity contribution is -0.144. The first-order valence-corrected chi connectivity index (χ1v) is 7.90. The first-order valence-electron chi connectivity index (χ1n) is 7.90. The topological polar surface area (TPSA) is 29.5 Å². The number of benzene rings is 1. The van der Waals surface area contributed by atoms with Crippen LogP contribution in [0.1, 0.15) is 43.8 Å². The minimum Gasteiger partial charge on any atom is -0.370 e. The number of amides is 1. The van der Waals surface area contributed by atoms with Crippen molar-refractivity contribution in [1.29, 1.82) is 0 Å². The van der Waals surface area contributed by atoms with E-state index in [0.29, 0.717) is 25.3 Å². The Balaban J connectivity index is 1.68. The van der Waals surface area contributed by atoms with Crippen LogP contribution >= 0.6 is 0 Å². The number of hydrogen-bond donors (Lipinski definition) is 0. The van der Waals surface area contributed by atoms with Crippen molar-refractivity contribution in [2.75, 3.05) is 19.7 Å². The third-order valence-corrected chi connectivity index (χ3v) is 4.58. The molecule has 1 aromatic carbocycles. The van der Waals surface area contributed by atoms with Crippen molar-refractivity contribution in [3.63, 3.8) is 0 Å². The summed E-state index contributed by atoms with van der Waals surface area (Å²) in [5, 5.41) is 0. The van der Waals surface area contributed by atoms with Crippen molar-refractivity contribution in [1.82, 2.24) is 4.90 Å². The second-order valence-corrected chi connectivity index (χ2v) is 6.00. The summed E-state index contributed by atoms with van der Waals surface area (Å²) in [6.07, 6.45) is 5.20. The fourth-order valence-electron chi connectivity index (χ4n) is 3.38. The average molecular weight is 291 g/mol. The molecule has 0 bridgehead atoms. The summed E-state index contributed by atoms with van der Waals surface area (Å²) >= 11 is 0. The molecule has 1 atom stereocenters. The van der Waals surface area contributed by atoms with E-state index in [1.165, 1.54) is 12.5 Å². The van der Waals surface area contributed by atoms with Crippen LogP contribution in [0.15, 0.2) is 24.3 Å². The van der Waals surface area contributed by atoms with Gasteiger partial charge in [-0.3, -0.25) is 4.79 Å². The van der Waals surface area contributed by atoms with Crippen LogP contribution in [0.2, 0.25) is 0 Å². The Kier molecular flexibility index (Phi) is 4.54. The number of hydrogen-bond acceptors (Lipinski definition) is 2. The predicted octanol–water partition coefficient (Wildman–Crippen LogP) is 3.31. The standard InChI is InChI=1S/C17H22FNO2/c18-15-9-5-4-8-14(15)16-12-19(10-11-21-16)17(20)13-6-2-1-3-7-13/h4-5,8-9,13,16H,1-3,6-7,10-12H2. The van der Waals surface area contributed by atoms with E-state index in [2.05, 4.69) is 0 Å². The first kappa shape index (κ1) is 14.5. The Hall–Kier alpha value is -1.42. The number of carbonyl (C=O) groups is 1. The lowest BCUT2D eigenvalue weighted by Crippen LogP contribution is -2.45. The van der Waals surface area contributed by atoms with Gasteiger partial charge in [0.25, 0.3) is 0 Å². The fraction of sp³-hybridized carbons (Fsp3) is 0.588. The Morgan fingerprint density at radius 2 is 1.95 bits per heavy atom. The molecule has 1 aliphatic heterocycles. The summed E-state index contributed by atoms with van der Waals surface area (Å²) in [4.78, 5) is 14.5. The summed E-state index contributed by atoms with van der Waals surface area (Å²) in [5.74, 6) is 0.145. The number of halogens is 1. The van der Waals surface area contributed by atoms with Gasteiger partial charge in [0.15, 0.2) is 0 Å². The third kappa shape index (κ3) is 3.26. The molecule has 114 valence electrons. The van der Waals surface area contributed by atoms with Crippen molar-refractivity contribution in [3.8, 4) is 0 Å². The fourth-order valence-corrected chi connectivity index (χ4v) is 3.38. The zero-order valence-corrected chi connectivity index (χ0v) is 12.3. The molecule has 1 saturated heterocycles. The van der Waals surface area contributed by atoms with Gasteiger partial charge in [0.2, 0.25) is 5.91 Å². The molecule has 1 saturated carbocycles. The van der Waals surface area contributed by atoms with E-state index in [9.17, 15) is 9.18 Å². The van der Waals surface area contributed by atoms with E-state index < -0.39 is 0 Å². The molecule has 1 aromatic rings. The monoisotopic (exact) mass is 291 g/mol. The largest absolute Gasteiger partial charge is 0.370 e. The Morgan fingerprint density at radius 1 is 1.19 bits per heavy atom. The smallest absolute Gasteiger partial charge is 0.225 e. The van der Waals surface area contributed by atoms with E-state index in [1.54, 1.807) is 12.1 Å². The SMILES string of the molecule is O=C(C1CCCCC1)N1CCOC(c2ccccc2F)C1. The first-order chi connectivity index (χ1) is 10.3. The van der Waals surface area contributed by atoms with E-state index in [-0.39, 0.29) is 23.7 Å². The molecule has 1 aliphatic carbocycles. The van der Waals surface area contributed by atoms with Crippen LogP contribution in [-0.4, -0.2) is 30.5 Å². The van der Waals surface area contributed by atoms with E-state index in [0.717, 1.165) is 25.7 Å². The number of morpholine rings is 1. The number of ether oxygens (including phenoxy) is 1. The van der Waals surface area contributed by atoms with E-state index in [1.807, 2.05) is 11.0 Å². The van der Waals surface area contributed by atoms with Crippen molar-refractivity contribution < 1.29 is 13.9 Å². The van der Waals surface area contributed by atoms with Crippen LogP contribution in [0.3, 0.4) is 0 Å².